The van der Waals surface area contributed by atoms with Crippen molar-refractivity contribution in [2.45, 2.75) is 31.6 Å². The highest BCUT2D eigenvalue weighted by molar-refractivity contribution is 7.89. The number of likely N-dealkylation sites (tertiary alicyclic amines) is 1. The van der Waals surface area contributed by atoms with Gasteiger partial charge in [0.25, 0.3) is 5.91 Å². The first-order valence-electron chi connectivity index (χ1n) is 9.89. The third kappa shape index (κ3) is 5.83. The third-order valence-electron chi connectivity index (χ3n) is 4.95. The van der Waals surface area contributed by atoms with Gasteiger partial charge in [0.15, 0.2) is 0 Å². The maximum atomic E-state index is 12.6. The minimum Gasteiger partial charge on any atom is -0.493 e. The standard InChI is InChI=1S/C21H28N2O5S/c1-16(2)14-28-19-3-5-20(6-4-19)29(25,26)22-13-17-7-10-23(11-8-17)21(24)18-9-12-27-15-18/h3-6,9,12,15-17,22H,7-8,10-11,13-14H2,1-2H3. The van der Waals surface area contributed by atoms with E-state index >= 15 is 0 Å². The van der Waals surface area contributed by atoms with Crippen LogP contribution in [0.4, 0.5) is 0 Å². The van der Waals surface area contributed by atoms with E-state index in [1.54, 1.807) is 35.2 Å². The summed E-state index contributed by atoms with van der Waals surface area (Å²) in [6.45, 7) is 6.28. The van der Waals surface area contributed by atoms with E-state index in [1.807, 2.05) is 0 Å². The van der Waals surface area contributed by atoms with Gasteiger partial charge in [-0.05, 0) is 55.0 Å². The maximum Gasteiger partial charge on any atom is 0.257 e. The molecule has 29 heavy (non-hydrogen) atoms. The Balaban J connectivity index is 1.47. The second kappa shape index (κ2) is 9.45. The molecule has 8 heteroatoms. The number of furan rings is 1. The second-order valence-corrected chi connectivity index (χ2v) is 9.54. The van der Waals surface area contributed by atoms with Crippen molar-refractivity contribution >= 4 is 15.9 Å². The van der Waals surface area contributed by atoms with Gasteiger partial charge in [0.05, 0.1) is 23.3 Å². The number of amides is 1. The van der Waals surface area contributed by atoms with Gasteiger partial charge in [-0.3, -0.25) is 4.79 Å². The summed E-state index contributed by atoms with van der Waals surface area (Å²) in [5, 5.41) is 0. The van der Waals surface area contributed by atoms with Gasteiger partial charge < -0.3 is 14.1 Å². The van der Waals surface area contributed by atoms with Crippen molar-refractivity contribution in [3.05, 3.63) is 48.4 Å². The van der Waals surface area contributed by atoms with E-state index in [9.17, 15) is 13.2 Å². The minimum absolute atomic E-state index is 0.0439. The van der Waals surface area contributed by atoms with Crippen LogP contribution in [0.25, 0.3) is 0 Å². The molecule has 1 fully saturated rings. The topological polar surface area (TPSA) is 88.9 Å². The fourth-order valence-corrected chi connectivity index (χ4v) is 4.31. The van der Waals surface area contributed by atoms with Crippen LogP contribution >= 0.6 is 0 Å². The molecule has 3 rings (SSSR count). The van der Waals surface area contributed by atoms with Crippen molar-refractivity contribution in [1.82, 2.24) is 9.62 Å². The Morgan fingerprint density at radius 2 is 1.90 bits per heavy atom. The summed E-state index contributed by atoms with van der Waals surface area (Å²) in [5.41, 5.74) is 0.546. The Morgan fingerprint density at radius 3 is 2.48 bits per heavy atom. The molecule has 0 saturated carbocycles. The number of carbonyl (C=O) groups excluding carboxylic acids is 1. The van der Waals surface area contributed by atoms with Crippen LogP contribution in [-0.2, 0) is 10.0 Å². The van der Waals surface area contributed by atoms with Gasteiger partial charge >= 0.3 is 0 Å². The number of hydrogen-bond donors (Lipinski definition) is 1. The third-order valence-corrected chi connectivity index (χ3v) is 6.39. The van der Waals surface area contributed by atoms with Gasteiger partial charge in [0.2, 0.25) is 10.0 Å². The smallest absolute Gasteiger partial charge is 0.257 e. The molecule has 1 aliphatic heterocycles. The Hall–Kier alpha value is -2.32. The first kappa shape index (κ1) is 21.4. The molecule has 2 aromatic rings. The zero-order valence-corrected chi connectivity index (χ0v) is 17.7. The molecule has 0 radical (unpaired) electrons. The van der Waals surface area contributed by atoms with Crippen LogP contribution < -0.4 is 9.46 Å². The van der Waals surface area contributed by atoms with E-state index in [-0.39, 0.29) is 16.7 Å². The van der Waals surface area contributed by atoms with Crippen molar-refractivity contribution in [3.63, 3.8) is 0 Å². The molecule has 1 amide bonds. The highest BCUT2D eigenvalue weighted by Crippen LogP contribution is 2.20. The Morgan fingerprint density at radius 1 is 1.21 bits per heavy atom. The average Bonchev–Trinajstić information content (AvgIpc) is 3.26. The Kier molecular flexibility index (Phi) is 6.97. The van der Waals surface area contributed by atoms with E-state index in [4.69, 9.17) is 9.15 Å². The molecule has 0 unspecified atom stereocenters. The van der Waals surface area contributed by atoms with Crippen LogP contribution in [0.15, 0.2) is 52.2 Å². The highest BCUT2D eigenvalue weighted by atomic mass is 32.2. The van der Waals surface area contributed by atoms with Crippen molar-refractivity contribution < 1.29 is 22.4 Å². The number of nitrogens with zero attached hydrogens (tertiary/aromatic N) is 1. The second-order valence-electron chi connectivity index (χ2n) is 7.78. The molecule has 158 valence electrons. The lowest BCUT2D eigenvalue weighted by atomic mass is 9.97. The minimum atomic E-state index is -3.57. The average molecular weight is 421 g/mol. The molecule has 1 saturated heterocycles. The Labute approximate surface area is 172 Å². The predicted octanol–water partition coefficient (Wildman–Crippen LogP) is 3.15. The molecule has 1 aromatic heterocycles. The van der Waals surface area contributed by atoms with Crippen LogP contribution in [0.1, 0.15) is 37.0 Å². The maximum absolute atomic E-state index is 12.6. The fourth-order valence-electron chi connectivity index (χ4n) is 3.20. The number of piperidine rings is 1. The normalized spacial score (nSPS) is 15.6. The number of carbonyl (C=O) groups is 1. The zero-order chi connectivity index (χ0) is 20.9. The summed E-state index contributed by atoms with van der Waals surface area (Å²) in [4.78, 5) is 14.3. The molecular formula is C21H28N2O5S. The van der Waals surface area contributed by atoms with E-state index < -0.39 is 10.0 Å². The first-order valence-corrected chi connectivity index (χ1v) is 11.4. The lowest BCUT2D eigenvalue weighted by Gasteiger charge is -2.31. The molecule has 0 aliphatic carbocycles. The summed E-state index contributed by atoms with van der Waals surface area (Å²) >= 11 is 0. The summed E-state index contributed by atoms with van der Waals surface area (Å²) in [7, 11) is -3.57. The van der Waals surface area contributed by atoms with E-state index in [0.717, 1.165) is 12.8 Å². The van der Waals surface area contributed by atoms with Gasteiger partial charge in [-0.1, -0.05) is 13.8 Å². The number of nitrogens with one attached hydrogen (secondary N) is 1. The molecular weight excluding hydrogens is 392 g/mol. The van der Waals surface area contributed by atoms with Crippen molar-refractivity contribution in [2.75, 3.05) is 26.2 Å². The van der Waals surface area contributed by atoms with Gasteiger partial charge in [-0.25, -0.2) is 13.1 Å². The molecule has 7 nitrogen and oxygen atoms in total. The van der Waals surface area contributed by atoms with Crippen LogP contribution in [0.2, 0.25) is 0 Å². The molecule has 1 N–H and O–H groups in total. The molecule has 0 spiro atoms. The summed E-state index contributed by atoms with van der Waals surface area (Å²) < 4.78 is 38.4. The van der Waals surface area contributed by atoms with Crippen LogP contribution in [0, 0.1) is 11.8 Å². The zero-order valence-electron chi connectivity index (χ0n) is 16.8. The first-order chi connectivity index (χ1) is 13.8. The summed E-state index contributed by atoms with van der Waals surface area (Å²) in [5.74, 6) is 1.22. The van der Waals surface area contributed by atoms with E-state index in [1.165, 1.54) is 12.5 Å². The SMILES string of the molecule is CC(C)COc1ccc(S(=O)(=O)NCC2CCN(C(=O)c3ccoc3)CC2)cc1. The fraction of sp³-hybridized carbons (Fsp3) is 0.476. The number of benzene rings is 1. The monoisotopic (exact) mass is 420 g/mol. The number of ether oxygens (including phenoxy) is 1. The Bertz CT molecular complexity index is 884. The summed E-state index contributed by atoms with van der Waals surface area (Å²) in [6, 6.07) is 8.13. The predicted molar refractivity (Wildman–Crippen MR) is 109 cm³/mol. The molecule has 1 aliphatic rings. The number of sulfonamides is 1. The van der Waals surface area contributed by atoms with Crippen molar-refractivity contribution in [1.29, 1.82) is 0 Å². The van der Waals surface area contributed by atoms with Gasteiger partial charge in [0, 0.05) is 19.6 Å². The van der Waals surface area contributed by atoms with Crippen molar-refractivity contribution in [3.8, 4) is 5.75 Å². The van der Waals surface area contributed by atoms with E-state index in [0.29, 0.717) is 43.5 Å². The van der Waals surface area contributed by atoms with Gasteiger partial charge in [-0.2, -0.15) is 0 Å². The molecule has 0 bridgehead atoms. The van der Waals surface area contributed by atoms with Crippen molar-refractivity contribution in [2.24, 2.45) is 11.8 Å². The van der Waals surface area contributed by atoms with Crippen LogP contribution in [-0.4, -0.2) is 45.5 Å². The summed E-state index contributed by atoms with van der Waals surface area (Å²) in [6.07, 6.45) is 4.45. The van der Waals surface area contributed by atoms with Crippen LogP contribution in [0.5, 0.6) is 5.75 Å². The quantitative estimate of drug-likeness (QED) is 0.709. The van der Waals surface area contributed by atoms with Gasteiger partial charge in [-0.15, -0.1) is 0 Å². The molecule has 2 heterocycles. The highest BCUT2D eigenvalue weighted by Gasteiger charge is 2.25. The molecule has 1 aromatic carbocycles. The number of rotatable bonds is 8. The largest absolute Gasteiger partial charge is 0.493 e. The van der Waals surface area contributed by atoms with Crippen LogP contribution in [0.3, 0.4) is 0 Å². The lowest BCUT2D eigenvalue weighted by Crippen LogP contribution is -2.41. The van der Waals surface area contributed by atoms with Gasteiger partial charge in [0.1, 0.15) is 12.0 Å². The molecule has 0 atom stereocenters. The number of hydrogen-bond acceptors (Lipinski definition) is 5. The lowest BCUT2D eigenvalue weighted by molar-refractivity contribution is 0.0691. The van der Waals surface area contributed by atoms with E-state index in [2.05, 4.69) is 18.6 Å².